The van der Waals surface area contributed by atoms with Crippen molar-refractivity contribution in [2.75, 3.05) is 13.1 Å². The molecule has 0 spiro atoms. The molecule has 1 N–H and O–H groups in total. The molecule has 5 nitrogen and oxygen atoms in total. The lowest BCUT2D eigenvalue weighted by molar-refractivity contribution is -0.123. The molecule has 0 radical (unpaired) electrons. The van der Waals surface area contributed by atoms with Crippen molar-refractivity contribution in [3.8, 4) is 0 Å². The lowest BCUT2D eigenvalue weighted by atomic mass is 10.2. The van der Waals surface area contributed by atoms with E-state index >= 15 is 0 Å². The second-order valence-corrected chi connectivity index (χ2v) is 7.09. The van der Waals surface area contributed by atoms with Gasteiger partial charge in [0.25, 0.3) is 0 Å². The fraction of sp³-hybridized carbons (Fsp3) is 0.357. The first-order chi connectivity index (χ1) is 9.96. The van der Waals surface area contributed by atoms with E-state index < -0.39 is 16.1 Å². The number of sulfonamides is 1. The summed E-state index contributed by atoms with van der Waals surface area (Å²) in [6.45, 7) is 4.19. The highest BCUT2D eigenvalue weighted by Crippen LogP contribution is 2.26. The zero-order chi connectivity index (χ0) is 15.5. The summed E-state index contributed by atoms with van der Waals surface area (Å²) in [6, 6.07) is 5.29. The molecule has 0 aromatic heterocycles. The summed E-state index contributed by atoms with van der Waals surface area (Å²) in [5.74, 6) is -0.287. The van der Waals surface area contributed by atoms with Gasteiger partial charge in [0, 0.05) is 18.1 Å². The second-order valence-electron chi connectivity index (χ2n) is 4.76. The van der Waals surface area contributed by atoms with Crippen LogP contribution >= 0.6 is 11.6 Å². The lowest BCUT2D eigenvalue weighted by Crippen LogP contribution is -2.45. The Morgan fingerprint density at radius 2 is 2.10 bits per heavy atom. The molecule has 0 saturated carbocycles. The predicted octanol–water partition coefficient (Wildman–Crippen LogP) is 1.80. The van der Waals surface area contributed by atoms with E-state index in [2.05, 4.69) is 11.9 Å². The summed E-state index contributed by atoms with van der Waals surface area (Å²) in [5.41, 5.74) is 0. The Kier molecular flexibility index (Phi) is 5.03. The number of rotatable bonds is 5. The van der Waals surface area contributed by atoms with Gasteiger partial charge in [-0.2, -0.15) is 4.31 Å². The number of hydrogen-bond donors (Lipinski definition) is 1. The van der Waals surface area contributed by atoms with Crippen molar-refractivity contribution in [1.82, 2.24) is 9.62 Å². The molecule has 114 valence electrons. The molecule has 7 heteroatoms. The van der Waals surface area contributed by atoms with E-state index in [0.29, 0.717) is 31.0 Å². The van der Waals surface area contributed by atoms with Crippen molar-refractivity contribution in [3.63, 3.8) is 0 Å². The molecule has 2 rings (SSSR count). The fourth-order valence-corrected chi connectivity index (χ4v) is 4.10. The van der Waals surface area contributed by atoms with E-state index in [1.165, 1.54) is 28.6 Å². The van der Waals surface area contributed by atoms with Gasteiger partial charge >= 0.3 is 0 Å². The monoisotopic (exact) mass is 328 g/mol. The first-order valence-corrected chi connectivity index (χ1v) is 8.44. The van der Waals surface area contributed by atoms with Crippen molar-refractivity contribution in [3.05, 3.63) is 41.9 Å². The van der Waals surface area contributed by atoms with E-state index in [9.17, 15) is 13.2 Å². The molecule has 1 unspecified atom stereocenters. The third kappa shape index (κ3) is 3.45. The van der Waals surface area contributed by atoms with Gasteiger partial charge in [0.1, 0.15) is 6.04 Å². The maximum absolute atomic E-state index is 12.6. The first-order valence-electron chi connectivity index (χ1n) is 6.63. The molecule has 1 aliphatic rings. The Morgan fingerprint density at radius 3 is 2.71 bits per heavy atom. The van der Waals surface area contributed by atoms with Crippen LogP contribution in [0.25, 0.3) is 0 Å². The normalized spacial score (nSPS) is 19.4. The zero-order valence-corrected chi connectivity index (χ0v) is 13.0. The third-order valence-electron chi connectivity index (χ3n) is 3.35. The van der Waals surface area contributed by atoms with E-state index in [1.807, 2.05) is 0 Å². The average molecular weight is 329 g/mol. The topological polar surface area (TPSA) is 66.5 Å². The summed E-state index contributed by atoms with van der Waals surface area (Å²) in [4.78, 5) is 12.2. The molecular weight excluding hydrogens is 312 g/mol. The summed E-state index contributed by atoms with van der Waals surface area (Å²) in [5, 5.41) is 3.12. The SMILES string of the molecule is C=CCNC(=O)C1CCCN1S(=O)(=O)c1ccc(Cl)cc1. The van der Waals surface area contributed by atoms with Crippen LogP contribution in [0.1, 0.15) is 12.8 Å². The number of nitrogens with one attached hydrogen (secondary N) is 1. The highest BCUT2D eigenvalue weighted by molar-refractivity contribution is 7.89. The van der Waals surface area contributed by atoms with Gasteiger partial charge in [-0.25, -0.2) is 8.42 Å². The maximum atomic E-state index is 12.6. The van der Waals surface area contributed by atoms with Gasteiger partial charge < -0.3 is 5.32 Å². The molecule has 0 aliphatic carbocycles. The van der Waals surface area contributed by atoms with Crippen LogP contribution in [-0.2, 0) is 14.8 Å². The van der Waals surface area contributed by atoms with Crippen molar-refractivity contribution in [2.45, 2.75) is 23.8 Å². The highest BCUT2D eigenvalue weighted by Gasteiger charge is 2.39. The molecule has 1 aliphatic heterocycles. The minimum Gasteiger partial charge on any atom is -0.351 e. The van der Waals surface area contributed by atoms with Crippen molar-refractivity contribution < 1.29 is 13.2 Å². The van der Waals surface area contributed by atoms with Crippen LogP contribution in [0.15, 0.2) is 41.8 Å². The predicted molar refractivity (Wildman–Crippen MR) is 81.6 cm³/mol. The van der Waals surface area contributed by atoms with Gasteiger partial charge in [-0.1, -0.05) is 17.7 Å². The minimum absolute atomic E-state index is 0.148. The zero-order valence-electron chi connectivity index (χ0n) is 11.5. The Labute approximate surface area is 129 Å². The molecule has 1 atom stereocenters. The number of carbonyl (C=O) groups is 1. The smallest absolute Gasteiger partial charge is 0.243 e. The maximum Gasteiger partial charge on any atom is 0.243 e. The number of nitrogens with zero attached hydrogens (tertiary/aromatic N) is 1. The van der Waals surface area contributed by atoms with Crippen molar-refractivity contribution in [1.29, 1.82) is 0 Å². The van der Waals surface area contributed by atoms with Crippen LogP contribution < -0.4 is 5.32 Å². The second kappa shape index (κ2) is 6.60. The van der Waals surface area contributed by atoms with Crippen LogP contribution in [0.3, 0.4) is 0 Å². The lowest BCUT2D eigenvalue weighted by Gasteiger charge is -2.23. The Balaban J connectivity index is 2.24. The molecule has 1 heterocycles. The van der Waals surface area contributed by atoms with Crippen LogP contribution in [-0.4, -0.2) is 37.8 Å². The third-order valence-corrected chi connectivity index (χ3v) is 5.52. The van der Waals surface area contributed by atoms with Crippen LogP contribution in [0.4, 0.5) is 0 Å². The van der Waals surface area contributed by atoms with Crippen LogP contribution in [0, 0.1) is 0 Å². The molecular formula is C14H17ClN2O3S. The Hall–Kier alpha value is -1.37. The molecule has 1 aromatic rings. The highest BCUT2D eigenvalue weighted by atomic mass is 35.5. The van der Waals surface area contributed by atoms with Gasteiger partial charge in [0.2, 0.25) is 15.9 Å². The molecule has 0 bridgehead atoms. The van der Waals surface area contributed by atoms with Gasteiger partial charge in [-0.05, 0) is 37.1 Å². The van der Waals surface area contributed by atoms with E-state index in [0.717, 1.165) is 0 Å². The Bertz CT molecular complexity index is 628. The summed E-state index contributed by atoms with van der Waals surface area (Å²) in [6.07, 6.45) is 2.75. The average Bonchev–Trinajstić information content (AvgIpc) is 2.95. The van der Waals surface area contributed by atoms with Gasteiger partial charge in [0.05, 0.1) is 4.90 Å². The van der Waals surface area contributed by atoms with E-state index in [-0.39, 0.29) is 10.8 Å². The molecule has 1 fully saturated rings. The first kappa shape index (κ1) is 16.0. The summed E-state index contributed by atoms with van der Waals surface area (Å²) < 4.78 is 26.5. The molecule has 1 aromatic carbocycles. The molecule has 1 amide bonds. The quantitative estimate of drug-likeness (QED) is 0.838. The summed E-state index contributed by atoms with van der Waals surface area (Å²) >= 11 is 5.78. The van der Waals surface area contributed by atoms with Gasteiger partial charge in [0.15, 0.2) is 0 Å². The van der Waals surface area contributed by atoms with Crippen molar-refractivity contribution in [2.24, 2.45) is 0 Å². The van der Waals surface area contributed by atoms with Gasteiger partial charge in [-0.3, -0.25) is 4.79 Å². The van der Waals surface area contributed by atoms with E-state index in [4.69, 9.17) is 11.6 Å². The van der Waals surface area contributed by atoms with Gasteiger partial charge in [-0.15, -0.1) is 6.58 Å². The molecule has 21 heavy (non-hydrogen) atoms. The molecule has 1 saturated heterocycles. The largest absolute Gasteiger partial charge is 0.351 e. The number of benzene rings is 1. The summed E-state index contributed by atoms with van der Waals surface area (Å²) in [7, 11) is -3.69. The number of hydrogen-bond acceptors (Lipinski definition) is 3. The number of amides is 1. The van der Waals surface area contributed by atoms with E-state index in [1.54, 1.807) is 6.08 Å². The minimum atomic E-state index is -3.69. The number of halogens is 1. The standard InChI is InChI=1S/C14H17ClN2O3S/c1-2-9-16-14(18)13-4-3-10-17(13)21(19,20)12-7-5-11(15)6-8-12/h2,5-8,13H,1,3-4,9-10H2,(H,16,18). The number of carbonyl (C=O) groups excluding carboxylic acids is 1. The fourth-order valence-electron chi connectivity index (χ4n) is 2.32. The Morgan fingerprint density at radius 1 is 1.43 bits per heavy atom. The van der Waals surface area contributed by atoms with Crippen molar-refractivity contribution >= 4 is 27.5 Å². The van der Waals surface area contributed by atoms with Crippen LogP contribution in [0.5, 0.6) is 0 Å². The van der Waals surface area contributed by atoms with Crippen LogP contribution in [0.2, 0.25) is 5.02 Å².